The molecular weight excluding hydrogens is 252 g/mol. The first-order valence-corrected chi connectivity index (χ1v) is 6.31. The molecule has 0 spiro atoms. The van der Waals surface area contributed by atoms with Crippen LogP contribution in [0.4, 0.5) is 5.82 Å². The number of hydrogen-bond acceptors (Lipinski definition) is 4. The summed E-state index contributed by atoms with van der Waals surface area (Å²) in [6, 6.07) is 0.106. The summed E-state index contributed by atoms with van der Waals surface area (Å²) >= 11 is 5.72. The van der Waals surface area contributed by atoms with E-state index in [1.807, 2.05) is 0 Å². The van der Waals surface area contributed by atoms with Gasteiger partial charge < -0.3 is 10.6 Å². The molecule has 18 heavy (non-hydrogen) atoms. The lowest BCUT2D eigenvalue weighted by Gasteiger charge is -2.21. The molecule has 2 N–H and O–H groups in total. The zero-order valence-electron chi connectivity index (χ0n) is 10.7. The summed E-state index contributed by atoms with van der Waals surface area (Å²) in [6.07, 6.45) is 3.71. The largest absolute Gasteiger partial charge is 0.308 e. The number of aromatic nitrogens is 2. The maximum Gasteiger partial charge on any atom is 0.242 e. The molecule has 0 bridgehead atoms. The predicted molar refractivity (Wildman–Crippen MR) is 70.5 cm³/mol. The Hall–Kier alpha value is -1.20. The van der Waals surface area contributed by atoms with Crippen LogP contribution in [0, 0.1) is 5.41 Å². The maximum atomic E-state index is 12.1. The first-order valence-electron chi connectivity index (χ1n) is 5.93. The lowest BCUT2D eigenvalue weighted by atomic mass is 9.84. The van der Waals surface area contributed by atoms with E-state index in [0.717, 1.165) is 6.42 Å². The van der Waals surface area contributed by atoms with Gasteiger partial charge in [-0.1, -0.05) is 25.4 Å². The minimum absolute atomic E-state index is 0.0935. The normalized spacial score (nSPS) is 26.0. The highest BCUT2D eigenvalue weighted by Gasteiger charge is 2.40. The molecule has 98 valence electrons. The number of hydrogen-bond donors (Lipinski definition) is 2. The Morgan fingerprint density at radius 2 is 2.28 bits per heavy atom. The molecule has 2 rings (SSSR count). The van der Waals surface area contributed by atoms with Gasteiger partial charge in [-0.05, 0) is 18.8 Å². The van der Waals surface area contributed by atoms with Crippen molar-refractivity contribution in [3.8, 4) is 0 Å². The Bertz CT molecular complexity index is 463. The molecule has 0 aliphatic carbocycles. The summed E-state index contributed by atoms with van der Waals surface area (Å²) in [5, 5.41) is 6.27. The fourth-order valence-electron chi connectivity index (χ4n) is 2.07. The Morgan fingerprint density at radius 3 is 2.83 bits per heavy atom. The van der Waals surface area contributed by atoms with E-state index in [9.17, 15) is 4.79 Å². The molecule has 0 aromatic carbocycles. The van der Waals surface area contributed by atoms with Gasteiger partial charge in [-0.2, -0.15) is 0 Å². The van der Waals surface area contributed by atoms with Crippen LogP contribution in [0.15, 0.2) is 12.4 Å². The molecule has 6 heteroatoms. The quantitative estimate of drug-likeness (QED) is 0.859. The van der Waals surface area contributed by atoms with E-state index in [2.05, 4.69) is 41.4 Å². The highest BCUT2D eigenvalue weighted by atomic mass is 35.5. The number of carbonyl (C=O) groups is 1. The van der Waals surface area contributed by atoms with Crippen molar-refractivity contribution >= 4 is 23.3 Å². The van der Waals surface area contributed by atoms with E-state index in [4.69, 9.17) is 11.6 Å². The number of nitrogens with one attached hydrogen (secondary N) is 2. The van der Waals surface area contributed by atoms with Crippen molar-refractivity contribution in [3.63, 3.8) is 0 Å². The Morgan fingerprint density at radius 1 is 1.56 bits per heavy atom. The average molecular weight is 269 g/mol. The van der Waals surface area contributed by atoms with Crippen LogP contribution in [-0.4, -0.2) is 28.0 Å². The summed E-state index contributed by atoms with van der Waals surface area (Å²) in [4.78, 5) is 19.9. The molecule has 1 fully saturated rings. The molecule has 1 saturated heterocycles. The van der Waals surface area contributed by atoms with Gasteiger partial charge in [0.15, 0.2) is 5.82 Å². The Balaban J connectivity index is 2.02. The van der Waals surface area contributed by atoms with E-state index in [1.165, 1.54) is 12.4 Å². The van der Waals surface area contributed by atoms with Crippen LogP contribution < -0.4 is 10.6 Å². The molecule has 2 atom stereocenters. The first-order chi connectivity index (χ1) is 8.38. The van der Waals surface area contributed by atoms with Crippen LogP contribution in [0.5, 0.6) is 0 Å². The summed E-state index contributed by atoms with van der Waals surface area (Å²) in [5.74, 6) is 0.288. The predicted octanol–water partition coefficient (Wildman–Crippen LogP) is 1.85. The SMILES string of the molecule is C[C@H]1N[C@H](C(=O)Nc2cncc(Cl)n2)CC1(C)C. The van der Waals surface area contributed by atoms with Gasteiger partial charge >= 0.3 is 0 Å². The van der Waals surface area contributed by atoms with Gasteiger partial charge in [0.1, 0.15) is 5.15 Å². The van der Waals surface area contributed by atoms with Crippen LogP contribution in [0.3, 0.4) is 0 Å². The Kier molecular flexibility index (Phi) is 3.54. The number of nitrogens with zero attached hydrogens (tertiary/aromatic N) is 2. The lowest BCUT2D eigenvalue weighted by molar-refractivity contribution is -0.118. The molecular formula is C12H17ClN4O. The average Bonchev–Trinajstić information content (AvgIpc) is 2.53. The summed E-state index contributed by atoms with van der Waals surface area (Å²) in [6.45, 7) is 6.39. The topological polar surface area (TPSA) is 66.9 Å². The maximum absolute atomic E-state index is 12.1. The van der Waals surface area contributed by atoms with Crippen LogP contribution in [-0.2, 0) is 4.79 Å². The van der Waals surface area contributed by atoms with Crippen molar-refractivity contribution in [3.05, 3.63) is 17.5 Å². The zero-order chi connectivity index (χ0) is 13.3. The lowest BCUT2D eigenvalue weighted by Crippen LogP contribution is -2.38. The summed E-state index contributed by atoms with van der Waals surface area (Å²) in [7, 11) is 0. The van der Waals surface area contributed by atoms with Crippen molar-refractivity contribution in [1.29, 1.82) is 0 Å². The van der Waals surface area contributed by atoms with Gasteiger partial charge in [0.25, 0.3) is 0 Å². The van der Waals surface area contributed by atoms with E-state index in [0.29, 0.717) is 11.9 Å². The Labute approximate surface area is 111 Å². The summed E-state index contributed by atoms with van der Waals surface area (Å²) in [5.41, 5.74) is 0.113. The molecule has 1 aromatic rings. The number of anilines is 1. The fraction of sp³-hybridized carbons (Fsp3) is 0.583. The third-order valence-electron chi connectivity index (χ3n) is 3.53. The van der Waals surface area contributed by atoms with E-state index in [-0.39, 0.29) is 22.5 Å². The van der Waals surface area contributed by atoms with Gasteiger partial charge in [-0.25, -0.2) is 4.98 Å². The van der Waals surface area contributed by atoms with Gasteiger partial charge in [0.05, 0.1) is 18.4 Å². The van der Waals surface area contributed by atoms with Gasteiger partial charge in [0.2, 0.25) is 5.91 Å². The third-order valence-corrected chi connectivity index (χ3v) is 3.71. The number of amides is 1. The van der Waals surface area contributed by atoms with Crippen LogP contribution in [0.2, 0.25) is 5.15 Å². The number of rotatable bonds is 2. The zero-order valence-corrected chi connectivity index (χ0v) is 11.5. The molecule has 2 heterocycles. The smallest absolute Gasteiger partial charge is 0.242 e. The molecule has 1 aliphatic rings. The fourth-order valence-corrected chi connectivity index (χ4v) is 2.22. The van der Waals surface area contributed by atoms with Crippen molar-refractivity contribution in [2.24, 2.45) is 5.41 Å². The second kappa shape index (κ2) is 4.82. The summed E-state index contributed by atoms with van der Waals surface area (Å²) < 4.78 is 0. The highest BCUT2D eigenvalue weighted by Crippen LogP contribution is 2.33. The van der Waals surface area contributed by atoms with Crippen molar-refractivity contribution in [2.75, 3.05) is 5.32 Å². The van der Waals surface area contributed by atoms with Crippen molar-refractivity contribution < 1.29 is 4.79 Å². The van der Waals surface area contributed by atoms with E-state index >= 15 is 0 Å². The third kappa shape index (κ3) is 2.79. The standard InChI is InChI=1S/C12H17ClN4O/c1-7-12(2,3)4-8(15-7)11(18)17-10-6-14-5-9(13)16-10/h5-8,15H,4H2,1-3H3,(H,16,17,18)/t7-,8+/m1/s1. The van der Waals surface area contributed by atoms with Crippen LogP contribution in [0.25, 0.3) is 0 Å². The van der Waals surface area contributed by atoms with Crippen molar-refractivity contribution in [2.45, 2.75) is 39.3 Å². The molecule has 1 aliphatic heterocycles. The minimum atomic E-state index is -0.198. The molecule has 1 amide bonds. The molecule has 5 nitrogen and oxygen atoms in total. The number of halogens is 1. The van der Waals surface area contributed by atoms with E-state index in [1.54, 1.807) is 0 Å². The molecule has 0 unspecified atom stereocenters. The first kappa shape index (κ1) is 13.2. The molecule has 0 saturated carbocycles. The van der Waals surface area contributed by atoms with Crippen molar-refractivity contribution in [1.82, 2.24) is 15.3 Å². The second-order valence-corrected chi connectivity index (χ2v) is 5.74. The van der Waals surface area contributed by atoms with E-state index < -0.39 is 0 Å². The van der Waals surface area contributed by atoms with Crippen LogP contribution >= 0.6 is 11.6 Å². The highest BCUT2D eigenvalue weighted by molar-refractivity contribution is 6.29. The second-order valence-electron chi connectivity index (χ2n) is 5.35. The number of carbonyl (C=O) groups excluding carboxylic acids is 1. The molecule has 1 aromatic heterocycles. The van der Waals surface area contributed by atoms with Gasteiger partial charge in [-0.15, -0.1) is 0 Å². The minimum Gasteiger partial charge on any atom is -0.308 e. The monoisotopic (exact) mass is 268 g/mol. The van der Waals surface area contributed by atoms with Gasteiger partial charge in [0, 0.05) is 6.04 Å². The van der Waals surface area contributed by atoms with Gasteiger partial charge in [-0.3, -0.25) is 9.78 Å². The molecule has 0 radical (unpaired) electrons. The van der Waals surface area contributed by atoms with Crippen LogP contribution in [0.1, 0.15) is 27.2 Å².